The molecule has 0 spiro atoms. The summed E-state index contributed by atoms with van der Waals surface area (Å²) in [5.74, 6) is -0.705. The molecule has 7 heteroatoms. The van der Waals surface area contributed by atoms with E-state index in [2.05, 4.69) is 21.4 Å². The van der Waals surface area contributed by atoms with Crippen LogP contribution in [0.25, 0.3) is 0 Å². The molecule has 1 aliphatic heterocycles. The van der Waals surface area contributed by atoms with Crippen molar-refractivity contribution in [2.45, 2.75) is 39.4 Å². The van der Waals surface area contributed by atoms with Gasteiger partial charge in [-0.05, 0) is 74.3 Å². The van der Waals surface area contributed by atoms with E-state index in [0.29, 0.717) is 10.1 Å². The van der Waals surface area contributed by atoms with E-state index in [0.717, 1.165) is 45.5 Å². The summed E-state index contributed by atoms with van der Waals surface area (Å²) >= 11 is 1.12. The minimum absolute atomic E-state index is 0.203. The molecule has 1 aromatic heterocycles. The van der Waals surface area contributed by atoms with Gasteiger partial charge in [0.2, 0.25) is 0 Å². The van der Waals surface area contributed by atoms with E-state index in [1.54, 1.807) is 0 Å². The lowest BCUT2D eigenvalue weighted by Gasteiger charge is -2.15. The van der Waals surface area contributed by atoms with Gasteiger partial charge in [-0.15, -0.1) is 0 Å². The fourth-order valence-electron chi connectivity index (χ4n) is 3.69. The first-order valence-corrected chi connectivity index (χ1v) is 11.1. The molecule has 1 aliphatic rings. The number of amides is 2. The third-order valence-corrected chi connectivity index (χ3v) is 5.90. The third kappa shape index (κ3) is 4.73. The van der Waals surface area contributed by atoms with Crippen molar-refractivity contribution in [1.82, 2.24) is 14.9 Å². The van der Waals surface area contributed by atoms with E-state index in [-0.39, 0.29) is 24.1 Å². The molecular weight excluding hydrogens is 420 g/mol. The quantitative estimate of drug-likeness (QED) is 0.439. The third-order valence-electron chi connectivity index (χ3n) is 4.96. The molecule has 162 valence electrons. The number of thioether (sulfide) groups is 1. The number of imide groups is 1. The number of rotatable bonds is 6. The Hall–Kier alpha value is -3.45. The first-order chi connectivity index (χ1) is 15.3. The molecule has 32 heavy (non-hydrogen) atoms. The maximum Gasteiger partial charge on any atom is 0.278 e. The van der Waals surface area contributed by atoms with Gasteiger partial charge < -0.3 is 5.32 Å². The molecule has 2 amide bonds. The van der Waals surface area contributed by atoms with Gasteiger partial charge in [-0.1, -0.05) is 36.4 Å². The van der Waals surface area contributed by atoms with E-state index >= 15 is 0 Å². The molecule has 0 fully saturated rings. The lowest BCUT2D eigenvalue weighted by molar-refractivity contribution is -0.137. The van der Waals surface area contributed by atoms with Crippen LogP contribution in [-0.4, -0.2) is 26.7 Å². The second kappa shape index (κ2) is 8.96. The monoisotopic (exact) mass is 444 g/mol. The van der Waals surface area contributed by atoms with Crippen LogP contribution in [0.4, 0.5) is 5.69 Å². The summed E-state index contributed by atoms with van der Waals surface area (Å²) in [5.41, 5.74) is 5.65. The molecule has 4 rings (SSSR count). The Bertz CT molecular complexity index is 1120. The Kier molecular flexibility index (Phi) is 6.10. The maximum absolute atomic E-state index is 13.4. The highest BCUT2D eigenvalue weighted by molar-refractivity contribution is 8.04. The molecule has 0 unspecified atom stereocenters. The minimum atomic E-state index is -0.357. The van der Waals surface area contributed by atoms with E-state index in [1.807, 2.05) is 76.2 Å². The van der Waals surface area contributed by atoms with Gasteiger partial charge in [0.15, 0.2) is 5.16 Å². The Morgan fingerprint density at radius 2 is 1.47 bits per heavy atom. The summed E-state index contributed by atoms with van der Waals surface area (Å²) in [6, 6.07) is 17.3. The molecular formula is C25H24N4O2S. The number of aryl methyl sites for hydroxylation is 4. The molecule has 0 saturated heterocycles. The number of nitrogens with one attached hydrogen (secondary N) is 1. The van der Waals surface area contributed by atoms with Gasteiger partial charge in [0.1, 0.15) is 10.6 Å². The first-order valence-electron chi connectivity index (χ1n) is 10.3. The van der Waals surface area contributed by atoms with Crippen LogP contribution in [0.15, 0.2) is 70.4 Å². The second-order valence-corrected chi connectivity index (χ2v) is 8.90. The summed E-state index contributed by atoms with van der Waals surface area (Å²) in [6.45, 7) is 7.95. The molecule has 0 saturated carbocycles. The van der Waals surface area contributed by atoms with Crippen LogP contribution in [0.1, 0.15) is 28.1 Å². The number of aromatic nitrogens is 2. The average molecular weight is 445 g/mol. The fourth-order valence-corrected chi connectivity index (χ4v) is 4.69. The van der Waals surface area contributed by atoms with Crippen molar-refractivity contribution in [2.75, 3.05) is 5.32 Å². The van der Waals surface area contributed by atoms with Gasteiger partial charge in [0.05, 0.1) is 6.54 Å². The topological polar surface area (TPSA) is 75.2 Å². The average Bonchev–Trinajstić information content (AvgIpc) is 2.92. The summed E-state index contributed by atoms with van der Waals surface area (Å²) in [4.78, 5) is 37.2. The zero-order chi connectivity index (χ0) is 22.8. The number of carbonyl (C=O) groups excluding carboxylic acids is 2. The number of anilines is 1. The standard InChI is InChI=1S/C25H24N4O2S/c1-15-10-16(2)12-20(11-15)28-21-22(32-25-26-17(3)13-18(4)27-25)24(31)29(23(21)30)14-19-8-6-5-7-9-19/h5-13,28H,14H2,1-4H3. The van der Waals surface area contributed by atoms with Gasteiger partial charge in [0, 0.05) is 17.1 Å². The van der Waals surface area contributed by atoms with Gasteiger partial charge in [-0.2, -0.15) is 0 Å². The Morgan fingerprint density at radius 3 is 2.09 bits per heavy atom. The van der Waals surface area contributed by atoms with Gasteiger partial charge in [-0.3, -0.25) is 14.5 Å². The lowest BCUT2D eigenvalue weighted by atomic mass is 10.1. The van der Waals surface area contributed by atoms with Crippen LogP contribution in [0, 0.1) is 27.7 Å². The highest BCUT2D eigenvalue weighted by Gasteiger charge is 2.39. The summed E-state index contributed by atoms with van der Waals surface area (Å²) < 4.78 is 0. The molecule has 0 aliphatic carbocycles. The molecule has 3 aromatic rings. The van der Waals surface area contributed by atoms with Crippen molar-refractivity contribution in [3.63, 3.8) is 0 Å². The highest BCUT2D eigenvalue weighted by Crippen LogP contribution is 2.35. The van der Waals surface area contributed by atoms with E-state index < -0.39 is 0 Å². The van der Waals surface area contributed by atoms with Crippen LogP contribution in [-0.2, 0) is 16.1 Å². The van der Waals surface area contributed by atoms with E-state index in [4.69, 9.17) is 0 Å². The summed E-state index contributed by atoms with van der Waals surface area (Å²) in [7, 11) is 0. The molecule has 0 bridgehead atoms. The van der Waals surface area contributed by atoms with Gasteiger partial charge in [-0.25, -0.2) is 9.97 Å². The van der Waals surface area contributed by atoms with Gasteiger partial charge in [0.25, 0.3) is 11.8 Å². The fraction of sp³-hybridized carbons (Fsp3) is 0.200. The predicted octanol–water partition coefficient (Wildman–Crippen LogP) is 4.70. The SMILES string of the molecule is Cc1cc(C)cc(NC2=C(Sc3nc(C)cc(C)n3)C(=O)N(Cc3ccccc3)C2=O)c1. The molecule has 2 aromatic carbocycles. The second-order valence-electron chi connectivity index (χ2n) is 7.92. The van der Waals surface area contributed by atoms with Crippen molar-refractivity contribution < 1.29 is 9.59 Å². The largest absolute Gasteiger partial charge is 0.350 e. The van der Waals surface area contributed by atoms with E-state index in [9.17, 15) is 9.59 Å². The van der Waals surface area contributed by atoms with Crippen molar-refractivity contribution >= 4 is 29.3 Å². The maximum atomic E-state index is 13.4. The number of hydrogen-bond acceptors (Lipinski definition) is 6. The van der Waals surface area contributed by atoms with Crippen LogP contribution in [0.2, 0.25) is 0 Å². The normalized spacial score (nSPS) is 13.8. The van der Waals surface area contributed by atoms with Gasteiger partial charge >= 0.3 is 0 Å². The molecule has 0 atom stereocenters. The van der Waals surface area contributed by atoms with Crippen LogP contribution < -0.4 is 5.32 Å². The van der Waals surface area contributed by atoms with Crippen molar-refractivity contribution in [1.29, 1.82) is 0 Å². The first kappa shape index (κ1) is 21.8. The van der Waals surface area contributed by atoms with Crippen LogP contribution in [0.3, 0.4) is 0 Å². The molecule has 6 nitrogen and oxygen atoms in total. The molecule has 1 N–H and O–H groups in total. The summed E-state index contributed by atoms with van der Waals surface area (Å²) in [6.07, 6.45) is 0. The molecule has 0 radical (unpaired) electrons. The lowest BCUT2D eigenvalue weighted by Crippen LogP contribution is -2.31. The Morgan fingerprint density at radius 1 is 0.844 bits per heavy atom. The zero-order valence-corrected chi connectivity index (χ0v) is 19.3. The smallest absolute Gasteiger partial charge is 0.278 e. The minimum Gasteiger partial charge on any atom is -0.350 e. The number of benzene rings is 2. The van der Waals surface area contributed by atoms with Crippen molar-refractivity contribution in [3.05, 3.63) is 93.3 Å². The molecule has 2 heterocycles. The zero-order valence-electron chi connectivity index (χ0n) is 18.5. The van der Waals surface area contributed by atoms with Crippen molar-refractivity contribution in [3.8, 4) is 0 Å². The summed E-state index contributed by atoms with van der Waals surface area (Å²) in [5, 5.41) is 3.65. The number of hydrogen-bond donors (Lipinski definition) is 1. The van der Waals surface area contributed by atoms with Crippen LogP contribution in [0.5, 0.6) is 0 Å². The Labute approximate surface area is 191 Å². The van der Waals surface area contributed by atoms with Crippen LogP contribution >= 0.6 is 11.8 Å². The highest BCUT2D eigenvalue weighted by atomic mass is 32.2. The predicted molar refractivity (Wildman–Crippen MR) is 126 cm³/mol. The van der Waals surface area contributed by atoms with E-state index in [1.165, 1.54) is 4.90 Å². The van der Waals surface area contributed by atoms with Crippen molar-refractivity contribution in [2.24, 2.45) is 0 Å². The number of carbonyl (C=O) groups is 2. The number of nitrogens with zero attached hydrogens (tertiary/aromatic N) is 3. The Balaban J connectivity index is 1.72.